The first-order chi connectivity index (χ1) is 5.24. The number of aryl methyl sites for hydroxylation is 1. The SMILES string of the molecule is Cc1cc(Cl)ncc1CC#N. The Balaban J connectivity index is 3.01. The number of rotatable bonds is 1. The highest BCUT2D eigenvalue weighted by Crippen LogP contribution is 2.11. The zero-order valence-electron chi connectivity index (χ0n) is 6.13. The van der Waals surface area contributed by atoms with Crippen molar-refractivity contribution in [3.8, 4) is 6.07 Å². The number of hydrogen-bond donors (Lipinski definition) is 0. The molecule has 0 saturated heterocycles. The van der Waals surface area contributed by atoms with Crippen LogP contribution in [-0.4, -0.2) is 4.98 Å². The summed E-state index contributed by atoms with van der Waals surface area (Å²) in [5, 5.41) is 8.88. The van der Waals surface area contributed by atoms with Gasteiger partial charge in [0.2, 0.25) is 0 Å². The molecule has 3 heteroatoms. The first kappa shape index (κ1) is 8.03. The zero-order chi connectivity index (χ0) is 8.27. The van der Waals surface area contributed by atoms with Crippen molar-refractivity contribution < 1.29 is 0 Å². The van der Waals surface area contributed by atoms with E-state index < -0.39 is 0 Å². The van der Waals surface area contributed by atoms with E-state index in [1.54, 1.807) is 12.3 Å². The molecule has 0 aromatic carbocycles. The van der Waals surface area contributed by atoms with Crippen LogP contribution in [0.15, 0.2) is 12.3 Å². The van der Waals surface area contributed by atoms with Gasteiger partial charge in [-0.25, -0.2) is 4.98 Å². The molecule has 0 unspecified atom stereocenters. The third kappa shape index (κ3) is 1.92. The van der Waals surface area contributed by atoms with Gasteiger partial charge in [-0.1, -0.05) is 11.6 Å². The first-order valence-corrected chi connectivity index (χ1v) is 3.60. The molecule has 0 aliphatic rings. The maximum atomic E-state index is 8.40. The van der Waals surface area contributed by atoms with Crippen LogP contribution in [0.2, 0.25) is 5.15 Å². The summed E-state index contributed by atoms with van der Waals surface area (Å²) >= 11 is 5.62. The number of nitriles is 1. The van der Waals surface area contributed by atoms with Crippen LogP contribution in [0, 0.1) is 18.3 Å². The molecule has 11 heavy (non-hydrogen) atoms. The van der Waals surface area contributed by atoms with E-state index >= 15 is 0 Å². The maximum Gasteiger partial charge on any atom is 0.129 e. The van der Waals surface area contributed by atoms with Gasteiger partial charge in [0.25, 0.3) is 0 Å². The Morgan fingerprint density at radius 3 is 3.00 bits per heavy atom. The predicted molar refractivity (Wildman–Crippen MR) is 43.3 cm³/mol. The summed E-state index contributed by atoms with van der Waals surface area (Å²) in [5.41, 5.74) is 1.96. The molecule has 0 amide bonds. The van der Waals surface area contributed by atoms with Crippen LogP contribution in [0.25, 0.3) is 0 Å². The third-order valence-electron chi connectivity index (χ3n) is 1.46. The van der Waals surface area contributed by atoms with Gasteiger partial charge in [0, 0.05) is 6.20 Å². The van der Waals surface area contributed by atoms with E-state index in [0.29, 0.717) is 11.6 Å². The monoisotopic (exact) mass is 166 g/mol. The molecule has 1 aromatic heterocycles. The maximum absolute atomic E-state index is 8.40. The second kappa shape index (κ2) is 3.36. The zero-order valence-corrected chi connectivity index (χ0v) is 6.89. The van der Waals surface area contributed by atoms with Crippen molar-refractivity contribution in [3.05, 3.63) is 28.5 Å². The highest BCUT2D eigenvalue weighted by atomic mass is 35.5. The van der Waals surface area contributed by atoms with E-state index in [9.17, 15) is 0 Å². The standard InChI is InChI=1S/C8H7ClN2/c1-6-4-8(9)11-5-7(6)2-3-10/h4-5H,2H2,1H3. The van der Waals surface area contributed by atoms with Crippen molar-refractivity contribution in [2.24, 2.45) is 0 Å². The van der Waals surface area contributed by atoms with Crippen LogP contribution in [0.3, 0.4) is 0 Å². The van der Waals surface area contributed by atoms with Gasteiger partial charge in [-0.15, -0.1) is 0 Å². The minimum Gasteiger partial charge on any atom is -0.244 e. The molecule has 0 fully saturated rings. The van der Waals surface area contributed by atoms with Crippen molar-refractivity contribution in [1.29, 1.82) is 5.26 Å². The minimum atomic E-state index is 0.399. The smallest absolute Gasteiger partial charge is 0.129 e. The number of nitrogens with zero attached hydrogens (tertiary/aromatic N) is 2. The van der Waals surface area contributed by atoms with Crippen LogP contribution < -0.4 is 0 Å². The molecule has 0 atom stereocenters. The summed E-state index contributed by atoms with van der Waals surface area (Å²) in [4.78, 5) is 3.87. The fourth-order valence-corrected chi connectivity index (χ4v) is 1.03. The van der Waals surface area contributed by atoms with Crippen LogP contribution >= 0.6 is 11.6 Å². The summed E-state index contributed by atoms with van der Waals surface area (Å²) in [6, 6.07) is 3.82. The van der Waals surface area contributed by atoms with Gasteiger partial charge >= 0.3 is 0 Å². The average Bonchev–Trinajstić information content (AvgIpc) is 1.95. The Hall–Kier alpha value is -1.07. The molecule has 0 radical (unpaired) electrons. The summed E-state index contributed by atoms with van der Waals surface area (Å²) in [5.74, 6) is 0. The van der Waals surface area contributed by atoms with Crippen LogP contribution in [0.5, 0.6) is 0 Å². The Kier molecular flexibility index (Phi) is 2.45. The number of halogens is 1. The third-order valence-corrected chi connectivity index (χ3v) is 1.66. The van der Waals surface area contributed by atoms with Crippen LogP contribution in [0.4, 0.5) is 0 Å². The molecule has 2 nitrogen and oxygen atoms in total. The lowest BCUT2D eigenvalue weighted by Crippen LogP contribution is -1.88. The van der Waals surface area contributed by atoms with E-state index in [1.165, 1.54) is 0 Å². The lowest BCUT2D eigenvalue weighted by molar-refractivity contribution is 1.15. The van der Waals surface area contributed by atoms with Crippen molar-refractivity contribution >= 4 is 11.6 Å². The molecule has 1 aromatic rings. The molecule has 0 aliphatic carbocycles. The van der Waals surface area contributed by atoms with Gasteiger partial charge in [-0.3, -0.25) is 0 Å². The van der Waals surface area contributed by atoms with Crippen molar-refractivity contribution in [3.63, 3.8) is 0 Å². The minimum absolute atomic E-state index is 0.399. The number of hydrogen-bond acceptors (Lipinski definition) is 2. The van der Waals surface area contributed by atoms with E-state index in [2.05, 4.69) is 11.1 Å². The Morgan fingerprint density at radius 2 is 2.45 bits per heavy atom. The average molecular weight is 167 g/mol. The van der Waals surface area contributed by atoms with Gasteiger partial charge in [-0.2, -0.15) is 5.26 Å². The van der Waals surface area contributed by atoms with Crippen molar-refractivity contribution in [2.45, 2.75) is 13.3 Å². The van der Waals surface area contributed by atoms with Gasteiger partial charge in [0.1, 0.15) is 5.15 Å². The largest absolute Gasteiger partial charge is 0.244 e. The highest BCUT2D eigenvalue weighted by Gasteiger charge is 1.98. The summed E-state index contributed by atoms with van der Waals surface area (Å²) in [7, 11) is 0. The lowest BCUT2D eigenvalue weighted by Gasteiger charge is -1.98. The molecular weight excluding hydrogens is 160 g/mol. The van der Waals surface area contributed by atoms with E-state index in [4.69, 9.17) is 16.9 Å². The quantitative estimate of drug-likeness (QED) is 0.600. The van der Waals surface area contributed by atoms with E-state index in [-0.39, 0.29) is 0 Å². The molecule has 0 bridgehead atoms. The van der Waals surface area contributed by atoms with Crippen LogP contribution in [0.1, 0.15) is 11.1 Å². The summed E-state index contributed by atoms with van der Waals surface area (Å²) in [6.07, 6.45) is 2.04. The molecule has 0 spiro atoms. The molecule has 0 saturated carbocycles. The lowest BCUT2D eigenvalue weighted by atomic mass is 10.1. The fourth-order valence-electron chi connectivity index (χ4n) is 0.820. The number of pyridine rings is 1. The topological polar surface area (TPSA) is 36.7 Å². The Bertz CT molecular complexity index is 301. The second-order valence-electron chi connectivity index (χ2n) is 2.27. The van der Waals surface area contributed by atoms with Crippen LogP contribution in [-0.2, 0) is 6.42 Å². The Morgan fingerprint density at radius 1 is 1.73 bits per heavy atom. The summed E-state index contributed by atoms with van der Waals surface area (Å²) in [6.45, 7) is 1.92. The number of aromatic nitrogens is 1. The molecule has 0 N–H and O–H groups in total. The normalized spacial score (nSPS) is 9.18. The van der Waals surface area contributed by atoms with E-state index in [1.807, 2.05) is 6.92 Å². The van der Waals surface area contributed by atoms with Gasteiger partial charge < -0.3 is 0 Å². The molecular formula is C8H7ClN2. The summed E-state index contributed by atoms with van der Waals surface area (Å²) < 4.78 is 0. The molecule has 1 rings (SSSR count). The van der Waals surface area contributed by atoms with Gasteiger partial charge in [0.05, 0.1) is 12.5 Å². The fraction of sp³-hybridized carbons (Fsp3) is 0.250. The van der Waals surface area contributed by atoms with Crippen molar-refractivity contribution in [2.75, 3.05) is 0 Å². The predicted octanol–water partition coefficient (Wildman–Crippen LogP) is 2.11. The van der Waals surface area contributed by atoms with Crippen molar-refractivity contribution in [1.82, 2.24) is 4.98 Å². The van der Waals surface area contributed by atoms with Gasteiger partial charge in [0.15, 0.2) is 0 Å². The Labute approximate surface area is 70.4 Å². The molecule has 1 heterocycles. The molecule has 0 aliphatic heterocycles. The first-order valence-electron chi connectivity index (χ1n) is 3.22. The highest BCUT2D eigenvalue weighted by molar-refractivity contribution is 6.29. The molecule has 56 valence electrons. The second-order valence-corrected chi connectivity index (χ2v) is 2.66. The van der Waals surface area contributed by atoms with Gasteiger partial charge in [-0.05, 0) is 24.1 Å². The van der Waals surface area contributed by atoms with E-state index in [0.717, 1.165) is 11.1 Å².